The largest absolute Gasteiger partial charge is 0.466 e. The number of nitrogens with one attached hydrogen (secondary N) is 1. The van der Waals surface area contributed by atoms with E-state index in [0.29, 0.717) is 12.7 Å². The molecule has 3 aliphatic heterocycles. The van der Waals surface area contributed by atoms with Crippen molar-refractivity contribution in [2.75, 3.05) is 26.6 Å². The second-order valence-corrected chi connectivity index (χ2v) is 7.22. The summed E-state index contributed by atoms with van der Waals surface area (Å²) in [5, 5.41) is 3.56. The van der Waals surface area contributed by atoms with Crippen molar-refractivity contribution >= 4 is 5.97 Å². The fourth-order valence-electron chi connectivity index (χ4n) is 4.37. The molecule has 1 aromatic rings. The first kappa shape index (κ1) is 17.6. The number of hydrogen-bond acceptors (Lipinski definition) is 6. The molecule has 2 fully saturated rings. The lowest BCUT2D eigenvalue weighted by atomic mass is 9.83. The van der Waals surface area contributed by atoms with Crippen LogP contribution >= 0.6 is 0 Å². The lowest BCUT2D eigenvalue weighted by Crippen LogP contribution is -2.34. The molecule has 1 unspecified atom stereocenters. The fourth-order valence-corrected chi connectivity index (χ4v) is 4.37. The molecule has 3 aliphatic rings. The van der Waals surface area contributed by atoms with Crippen LogP contribution in [-0.2, 0) is 14.3 Å². The maximum Gasteiger partial charge on any atom is 0.311 e. The summed E-state index contributed by atoms with van der Waals surface area (Å²) in [4.78, 5) is 12.7. The minimum atomic E-state index is -0.184. The molecule has 0 spiro atoms. The zero-order valence-corrected chi connectivity index (χ0v) is 15.2. The van der Waals surface area contributed by atoms with E-state index in [1.165, 1.54) is 0 Å². The third-order valence-electron chi connectivity index (χ3n) is 5.67. The minimum absolute atomic E-state index is 0.0815. The summed E-state index contributed by atoms with van der Waals surface area (Å²) in [5.74, 6) is 1.31. The summed E-state index contributed by atoms with van der Waals surface area (Å²) in [6, 6.07) is 6.09. The smallest absolute Gasteiger partial charge is 0.311 e. The van der Waals surface area contributed by atoms with Crippen molar-refractivity contribution in [1.82, 2.24) is 5.32 Å². The Morgan fingerprint density at radius 1 is 1.27 bits per heavy atom. The predicted molar refractivity (Wildman–Crippen MR) is 95.4 cm³/mol. The molecule has 4 rings (SSSR count). The van der Waals surface area contributed by atoms with E-state index in [-0.39, 0.29) is 30.6 Å². The zero-order valence-electron chi connectivity index (χ0n) is 15.2. The third kappa shape index (κ3) is 3.53. The Morgan fingerprint density at radius 3 is 2.96 bits per heavy atom. The number of rotatable bonds is 6. The van der Waals surface area contributed by atoms with Crippen molar-refractivity contribution < 1.29 is 23.7 Å². The Morgan fingerprint density at radius 2 is 2.15 bits per heavy atom. The van der Waals surface area contributed by atoms with Crippen LogP contribution in [0.15, 0.2) is 18.2 Å². The van der Waals surface area contributed by atoms with Crippen LogP contribution in [0.25, 0.3) is 0 Å². The first-order valence-electron chi connectivity index (χ1n) is 9.67. The fraction of sp³-hybridized carbons (Fsp3) is 0.650. The molecule has 0 amide bonds. The molecule has 0 bridgehead atoms. The van der Waals surface area contributed by atoms with Gasteiger partial charge < -0.3 is 24.3 Å². The van der Waals surface area contributed by atoms with Crippen LogP contribution in [0.3, 0.4) is 0 Å². The van der Waals surface area contributed by atoms with Gasteiger partial charge in [0.05, 0.1) is 18.6 Å². The van der Waals surface area contributed by atoms with E-state index in [1.54, 1.807) is 0 Å². The summed E-state index contributed by atoms with van der Waals surface area (Å²) in [6.07, 6.45) is 4.52. The van der Waals surface area contributed by atoms with Gasteiger partial charge in [0, 0.05) is 25.1 Å². The number of fused-ring (bicyclic) bond motifs is 1. The molecular formula is C20H27NO5. The van der Waals surface area contributed by atoms with E-state index >= 15 is 0 Å². The van der Waals surface area contributed by atoms with Gasteiger partial charge in [-0.1, -0.05) is 6.07 Å². The molecule has 6 nitrogen and oxygen atoms in total. The van der Waals surface area contributed by atoms with Crippen LogP contribution in [0.2, 0.25) is 0 Å². The number of esters is 1. The summed E-state index contributed by atoms with van der Waals surface area (Å²) < 4.78 is 22.1. The van der Waals surface area contributed by atoms with Gasteiger partial charge in [-0.15, -0.1) is 0 Å². The van der Waals surface area contributed by atoms with Crippen LogP contribution in [0, 0.1) is 5.92 Å². The van der Waals surface area contributed by atoms with E-state index in [1.807, 2.05) is 25.1 Å². The highest BCUT2D eigenvalue weighted by molar-refractivity contribution is 5.75. The molecule has 142 valence electrons. The Bertz CT molecular complexity index is 643. The number of ether oxygens (including phenoxy) is 4. The van der Waals surface area contributed by atoms with Crippen LogP contribution in [0.4, 0.5) is 0 Å². The molecule has 0 aliphatic carbocycles. The van der Waals surface area contributed by atoms with Gasteiger partial charge >= 0.3 is 5.97 Å². The first-order chi connectivity index (χ1) is 12.8. The predicted octanol–water partition coefficient (Wildman–Crippen LogP) is 2.61. The van der Waals surface area contributed by atoms with Gasteiger partial charge in [-0.2, -0.15) is 0 Å². The van der Waals surface area contributed by atoms with Crippen LogP contribution in [0.5, 0.6) is 11.5 Å². The Kier molecular flexibility index (Phi) is 5.31. The minimum Gasteiger partial charge on any atom is -0.466 e. The normalized spacial score (nSPS) is 29.9. The van der Waals surface area contributed by atoms with Crippen molar-refractivity contribution in [3.63, 3.8) is 0 Å². The number of carbonyl (C=O) groups is 1. The molecule has 2 saturated heterocycles. The lowest BCUT2D eigenvalue weighted by Gasteiger charge is -2.23. The molecule has 0 saturated carbocycles. The molecule has 1 aromatic carbocycles. The topological polar surface area (TPSA) is 66.0 Å². The van der Waals surface area contributed by atoms with Crippen LogP contribution in [-0.4, -0.2) is 44.7 Å². The van der Waals surface area contributed by atoms with Crippen molar-refractivity contribution in [3.8, 4) is 11.5 Å². The lowest BCUT2D eigenvalue weighted by molar-refractivity contribution is -0.148. The highest BCUT2D eigenvalue weighted by atomic mass is 16.7. The van der Waals surface area contributed by atoms with Crippen molar-refractivity contribution in [3.05, 3.63) is 23.8 Å². The highest BCUT2D eigenvalue weighted by Gasteiger charge is 2.43. The standard InChI is InChI=1S/C20H27NO5/c1-2-23-20(22)19-15(13-5-8-17-18(10-13)26-12-25-17)11-21-16(19)7-6-14-4-3-9-24-14/h5,8,10,14-16,19,21H,2-4,6-7,9,11-12H2,1H3/t14?,15-,16+,19-/m1/s1. The number of hydrogen-bond donors (Lipinski definition) is 1. The second kappa shape index (κ2) is 7.84. The molecule has 0 radical (unpaired) electrons. The molecule has 4 atom stereocenters. The number of benzene rings is 1. The molecule has 26 heavy (non-hydrogen) atoms. The summed E-state index contributed by atoms with van der Waals surface area (Å²) in [6.45, 7) is 4.15. The quantitative estimate of drug-likeness (QED) is 0.786. The van der Waals surface area contributed by atoms with Gasteiger partial charge in [-0.3, -0.25) is 4.79 Å². The van der Waals surface area contributed by atoms with Crippen molar-refractivity contribution in [2.45, 2.75) is 50.7 Å². The summed E-state index contributed by atoms with van der Waals surface area (Å²) >= 11 is 0. The first-order valence-corrected chi connectivity index (χ1v) is 9.67. The van der Waals surface area contributed by atoms with E-state index in [4.69, 9.17) is 18.9 Å². The molecule has 1 N–H and O–H groups in total. The van der Waals surface area contributed by atoms with Crippen molar-refractivity contribution in [1.29, 1.82) is 0 Å². The van der Waals surface area contributed by atoms with Gasteiger partial charge in [-0.05, 0) is 50.3 Å². The van der Waals surface area contributed by atoms with Crippen LogP contribution in [0.1, 0.15) is 44.1 Å². The van der Waals surface area contributed by atoms with E-state index < -0.39 is 0 Å². The molecular weight excluding hydrogens is 334 g/mol. The van der Waals surface area contributed by atoms with Gasteiger partial charge in [0.2, 0.25) is 6.79 Å². The van der Waals surface area contributed by atoms with Gasteiger partial charge in [0.15, 0.2) is 11.5 Å². The molecule has 6 heteroatoms. The van der Waals surface area contributed by atoms with E-state index in [2.05, 4.69) is 5.32 Å². The van der Waals surface area contributed by atoms with E-state index in [9.17, 15) is 4.79 Å². The maximum absolute atomic E-state index is 12.7. The monoisotopic (exact) mass is 361 g/mol. The second-order valence-electron chi connectivity index (χ2n) is 7.22. The number of carbonyl (C=O) groups excluding carboxylic acids is 1. The maximum atomic E-state index is 12.7. The van der Waals surface area contributed by atoms with Crippen molar-refractivity contribution in [2.24, 2.45) is 5.92 Å². The zero-order chi connectivity index (χ0) is 17.9. The molecule has 3 heterocycles. The highest BCUT2D eigenvalue weighted by Crippen LogP contribution is 2.40. The Hall–Kier alpha value is -1.79. The van der Waals surface area contributed by atoms with Gasteiger partial charge in [0.25, 0.3) is 0 Å². The molecule has 0 aromatic heterocycles. The summed E-state index contributed by atoms with van der Waals surface area (Å²) in [7, 11) is 0. The van der Waals surface area contributed by atoms with Gasteiger partial charge in [0.1, 0.15) is 0 Å². The van der Waals surface area contributed by atoms with Crippen LogP contribution < -0.4 is 14.8 Å². The third-order valence-corrected chi connectivity index (χ3v) is 5.67. The van der Waals surface area contributed by atoms with Gasteiger partial charge in [-0.25, -0.2) is 0 Å². The average Bonchev–Trinajstić information content (AvgIpc) is 3.38. The van der Waals surface area contributed by atoms with E-state index in [0.717, 1.165) is 55.9 Å². The Balaban J connectivity index is 1.50. The average molecular weight is 361 g/mol. The Labute approximate surface area is 154 Å². The summed E-state index contributed by atoms with van der Waals surface area (Å²) in [5.41, 5.74) is 1.10. The SMILES string of the molecule is CCOC(=O)[C@H]1[C@H](CCC2CCCO2)NC[C@@H]1c1ccc2c(c1)OCO2.